The van der Waals surface area contributed by atoms with Crippen molar-refractivity contribution in [1.82, 2.24) is 5.32 Å². The highest BCUT2D eigenvalue weighted by atomic mass is 16.5. The zero-order chi connectivity index (χ0) is 11.7. The van der Waals surface area contributed by atoms with Crippen LogP contribution in [-0.4, -0.2) is 24.8 Å². The van der Waals surface area contributed by atoms with Crippen LogP contribution in [0.15, 0.2) is 0 Å². The Balaban J connectivity index is 1.34. The second-order valence-electron chi connectivity index (χ2n) is 7.76. The zero-order valence-electron chi connectivity index (χ0n) is 11.2. The van der Waals surface area contributed by atoms with Gasteiger partial charge >= 0.3 is 0 Å². The summed E-state index contributed by atoms with van der Waals surface area (Å²) in [7, 11) is 0. The minimum Gasteiger partial charge on any atom is -0.377 e. The van der Waals surface area contributed by atoms with Crippen molar-refractivity contribution in [3.05, 3.63) is 0 Å². The molecule has 0 unspecified atom stereocenters. The molecule has 5 aliphatic rings. The summed E-state index contributed by atoms with van der Waals surface area (Å²) in [5, 5.41) is 4.13. The molecular formula is C16H25NO. The molecule has 4 saturated carbocycles. The summed E-state index contributed by atoms with van der Waals surface area (Å²) in [6.45, 7) is 1.03. The van der Waals surface area contributed by atoms with E-state index in [0.717, 1.165) is 36.4 Å². The normalized spacial score (nSPS) is 55.3. The van der Waals surface area contributed by atoms with E-state index in [4.69, 9.17) is 4.74 Å². The molecule has 5 fully saturated rings. The fraction of sp³-hybridized carbons (Fsp3) is 1.00. The van der Waals surface area contributed by atoms with Crippen molar-refractivity contribution in [2.75, 3.05) is 6.61 Å². The molecule has 0 amide bonds. The van der Waals surface area contributed by atoms with E-state index in [0.29, 0.717) is 11.5 Å². The summed E-state index contributed by atoms with van der Waals surface area (Å²) in [5.74, 6) is 2.96. The molecule has 1 heterocycles. The third-order valence-electron chi connectivity index (χ3n) is 7.17. The largest absolute Gasteiger partial charge is 0.377 e. The maximum Gasteiger partial charge on any atom is 0.0690 e. The van der Waals surface area contributed by atoms with Gasteiger partial charge in [-0.15, -0.1) is 0 Å². The standard InChI is InChI=1S/C16H25NO/c1-5-16(6-1)14(12-4-7-18-15(12)16)17-13-9-10-2-3-11(13)8-10/h10-15,17H,1-9H2/t10-,11-,12-,13+,14+,15-/m0/s1. The van der Waals surface area contributed by atoms with Gasteiger partial charge in [0.25, 0.3) is 0 Å². The molecule has 1 N–H and O–H groups in total. The van der Waals surface area contributed by atoms with Gasteiger partial charge in [0, 0.05) is 30.0 Å². The Morgan fingerprint density at radius 3 is 2.67 bits per heavy atom. The molecule has 4 aliphatic carbocycles. The first-order valence-electron chi connectivity index (χ1n) is 8.24. The van der Waals surface area contributed by atoms with Crippen LogP contribution in [0, 0.1) is 23.2 Å². The van der Waals surface area contributed by atoms with Crippen LogP contribution in [-0.2, 0) is 4.74 Å². The van der Waals surface area contributed by atoms with Gasteiger partial charge in [-0.25, -0.2) is 0 Å². The molecule has 100 valence electrons. The van der Waals surface area contributed by atoms with Crippen LogP contribution >= 0.6 is 0 Å². The van der Waals surface area contributed by atoms with Crippen LogP contribution in [0.2, 0.25) is 0 Å². The Bertz CT molecular complexity index is 364. The van der Waals surface area contributed by atoms with Crippen molar-refractivity contribution in [2.45, 2.75) is 69.6 Å². The number of hydrogen-bond acceptors (Lipinski definition) is 2. The molecule has 2 heteroatoms. The van der Waals surface area contributed by atoms with Crippen molar-refractivity contribution < 1.29 is 4.74 Å². The summed E-state index contributed by atoms with van der Waals surface area (Å²) in [4.78, 5) is 0. The minimum absolute atomic E-state index is 0.586. The third-order valence-corrected chi connectivity index (χ3v) is 7.17. The Labute approximate surface area is 110 Å². The van der Waals surface area contributed by atoms with Gasteiger partial charge in [0.05, 0.1) is 6.10 Å². The maximum atomic E-state index is 6.03. The van der Waals surface area contributed by atoms with E-state index in [-0.39, 0.29) is 0 Å². The van der Waals surface area contributed by atoms with Gasteiger partial charge in [0.1, 0.15) is 0 Å². The molecule has 1 saturated heterocycles. The molecule has 18 heavy (non-hydrogen) atoms. The Hall–Kier alpha value is -0.0800. The quantitative estimate of drug-likeness (QED) is 0.810. The first-order valence-corrected chi connectivity index (χ1v) is 8.24. The van der Waals surface area contributed by atoms with Gasteiger partial charge in [0.2, 0.25) is 0 Å². The highest BCUT2D eigenvalue weighted by Gasteiger charge is 2.66. The average Bonchev–Trinajstić information content (AvgIpc) is 2.97. The third kappa shape index (κ3) is 1.17. The lowest BCUT2D eigenvalue weighted by molar-refractivity contribution is -0.179. The van der Waals surface area contributed by atoms with Crippen LogP contribution in [0.3, 0.4) is 0 Å². The van der Waals surface area contributed by atoms with Crippen molar-refractivity contribution in [1.29, 1.82) is 0 Å². The van der Waals surface area contributed by atoms with Gasteiger partial charge in [-0.3, -0.25) is 0 Å². The lowest BCUT2D eigenvalue weighted by Crippen LogP contribution is -2.72. The summed E-state index contributed by atoms with van der Waals surface area (Å²) < 4.78 is 6.03. The van der Waals surface area contributed by atoms with E-state index in [1.807, 2.05) is 0 Å². The molecule has 0 aromatic carbocycles. The van der Waals surface area contributed by atoms with Crippen molar-refractivity contribution in [3.63, 3.8) is 0 Å². The van der Waals surface area contributed by atoms with E-state index in [9.17, 15) is 0 Å². The highest BCUT2D eigenvalue weighted by Crippen LogP contribution is 2.63. The zero-order valence-corrected chi connectivity index (χ0v) is 11.2. The highest BCUT2D eigenvalue weighted by molar-refractivity contribution is 5.19. The van der Waals surface area contributed by atoms with Gasteiger partial charge in [-0.05, 0) is 50.4 Å². The molecule has 1 aliphatic heterocycles. The maximum absolute atomic E-state index is 6.03. The topological polar surface area (TPSA) is 21.3 Å². The summed E-state index contributed by atoms with van der Waals surface area (Å²) in [5.41, 5.74) is 0.586. The van der Waals surface area contributed by atoms with E-state index in [1.165, 1.54) is 51.4 Å². The number of hydrogen-bond donors (Lipinski definition) is 1. The van der Waals surface area contributed by atoms with Crippen molar-refractivity contribution >= 4 is 0 Å². The van der Waals surface area contributed by atoms with Crippen LogP contribution in [0.4, 0.5) is 0 Å². The first kappa shape index (κ1) is 10.7. The minimum atomic E-state index is 0.586. The van der Waals surface area contributed by atoms with Crippen molar-refractivity contribution in [2.24, 2.45) is 23.2 Å². The lowest BCUT2D eigenvalue weighted by atomic mass is 9.46. The predicted octanol–water partition coefficient (Wildman–Crippen LogP) is 2.72. The second-order valence-corrected chi connectivity index (χ2v) is 7.76. The summed E-state index contributed by atoms with van der Waals surface area (Å²) in [6, 6.07) is 1.69. The smallest absolute Gasteiger partial charge is 0.0690 e. The molecule has 6 atom stereocenters. The van der Waals surface area contributed by atoms with Gasteiger partial charge in [0.15, 0.2) is 0 Å². The van der Waals surface area contributed by atoms with Gasteiger partial charge < -0.3 is 10.1 Å². The number of rotatable bonds is 2. The number of ether oxygens (including phenoxy) is 1. The number of fused-ring (bicyclic) bond motifs is 4. The van der Waals surface area contributed by atoms with E-state index >= 15 is 0 Å². The van der Waals surface area contributed by atoms with Gasteiger partial charge in [-0.2, -0.15) is 0 Å². The Morgan fingerprint density at radius 1 is 1.06 bits per heavy atom. The molecule has 0 radical (unpaired) electrons. The second kappa shape index (κ2) is 3.52. The Kier molecular flexibility index (Phi) is 2.09. The fourth-order valence-corrected chi connectivity index (χ4v) is 6.17. The predicted molar refractivity (Wildman–Crippen MR) is 70.3 cm³/mol. The van der Waals surface area contributed by atoms with E-state index < -0.39 is 0 Å². The molecule has 2 bridgehead atoms. The SMILES string of the molecule is C1CC2(C1)[C@H](N[C@@H]1C[C@H]3CC[C@H]1C3)[C@@H]1CCO[C@@H]12. The van der Waals surface area contributed by atoms with Crippen LogP contribution < -0.4 is 5.32 Å². The number of nitrogens with one attached hydrogen (secondary N) is 1. The summed E-state index contributed by atoms with van der Waals surface area (Å²) in [6.07, 6.45) is 12.3. The molecule has 2 nitrogen and oxygen atoms in total. The monoisotopic (exact) mass is 247 g/mol. The Morgan fingerprint density at radius 2 is 2.00 bits per heavy atom. The fourth-order valence-electron chi connectivity index (χ4n) is 6.17. The molecule has 0 aromatic rings. The molecule has 0 aromatic heterocycles. The van der Waals surface area contributed by atoms with Crippen LogP contribution in [0.1, 0.15) is 51.4 Å². The first-order chi connectivity index (χ1) is 8.87. The van der Waals surface area contributed by atoms with E-state index in [2.05, 4.69) is 5.32 Å². The summed E-state index contributed by atoms with van der Waals surface area (Å²) >= 11 is 0. The average molecular weight is 247 g/mol. The van der Waals surface area contributed by atoms with E-state index in [1.54, 1.807) is 0 Å². The lowest BCUT2D eigenvalue weighted by Gasteiger charge is -2.64. The van der Waals surface area contributed by atoms with Crippen molar-refractivity contribution in [3.8, 4) is 0 Å². The van der Waals surface area contributed by atoms with Crippen LogP contribution in [0.5, 0.6) is 0 Å². The van der Waals surface area contributed by atoms with Gasteiger partial charge in [-0.1, -0.05) is 12.8 Å². The molecule has 5 rings (SSSR count). The molecular weight excluding hydrogens is 222 g/mol. The van der Waals surface area contributed by atoms with Crippen LogP contribution in [0.25, 0.3) is 0 Å². The molecule has 1 spiro atoms.